The predicted octanol–water partition coefficient (Wildman–Crippen LogP) is 2.17. The molecule has 0 saturated carbocycles. The van der Waals surface area contributed by atoms with Crippen LogP contribution in [0.3, 0.4) is 0 Å². The summed E-state index contributed by atoms with van der Waals surface area (Å²) in [6.07, 6.45) is 9.13. The van der Waals surface area contributed by atoms with Gasteiger partial charge in [0.25, 0.3) is 0 Å². The number of aliphatic hydroxyl groups excluding tert-OH is 1. The van der Waals surface area contributed by atoms with Gasteiger partial charge in [0, 0.05) is 5.92 Å². The monoisotopic (exact) mass is 316 g/mol. The van der Waals surface area contributed by atoms with E-state index in [0.29, 0.717) is 12.5 Å². The summed E-state index contributed by atoms with van der Waals surface area (Å²) in [5.41, 5.74) is 1.36. The fourth-order valence-electron chi connectivity index (χ4n) is 3.68. The molecule has 126 valence electrons. The van der Waals surface area contributed by atoms with Gasteiger partial charge in [-0.25, -0.2) is 0 Å². The normalized spacial score (nSPS) is 28.7. The van der Waals surface area contributed by atoms with Crippen molar-refractivity contribution in [2.45, 2.75) is 44.6 Å². The van der Waals surface area contributed by atoms with Gasteiger partial charge < -0.3 is 14.7 Å². The lowest BCUT2D eigenvalue weighted by Crippen LogP contribution is -3.14. The fourth-order valence-corrected chi connectivity index (χ4v) is 3.68. The van der Waals surface area contributed by atoms with Crippen LogP contribution in [0.15, 0.2) is 36.4 Å². The van der Waals surface area contributed by atoms with Crippen LogP contribution in [0.25, 0.3) is 0 Å². The maximum absolute atomic E-state index is 10.2. The van der Waals surface area contributed by atoms with E-state index in [1.54, 1.807) is 0 Å². The van der Waals surface area contributed by atoms with Gasteiger partial charge in [0.15, 0.2) is 0 Å². The van der Waals surface area contributed by atoms with E-state index in [0.717, 1.165) is 18.2 Å². The van der Waals surface area contributed by atoms with Crippen molar-refractivity contribution < 1.29 is 14.7 Å². The Kier molecular flexibility index (Phi) is 5.74. The number of allylic oxidation sites excluding steroid dienone is 2. The van der Waals surface area contributed by atoms with Gasteiger partial charge >= 0.3 is 0 Å². The summed E-state index contributed by atoms with van der Waals surface area (Å²) in [5.74, 6) is 2.28. The zero-order chi connectivity index (χ0) is 16.1. The number of likely N-dealkylation sites (tertiary alicyclic amines) is 1. The molecule has 1 fully saturated rings. The zero-order valence-electron chi connectivity index (χ0n) is 14.2. The number of hydrogen-bond donors (Lipinski definition) is 2. The second-order valence-electron chi connectivity index (χ2n) is 7.28. The Labute approximate surface area is 140 Å². The van der Waals surface area contributed by atoms with Crippen LogP contribution in [0.1, 0.15) is 44.1 Å². The third-order valence-electron chi connectivity index (χ3n) is 5.27. The van der Waals surface area contributed by atoms with E-state index in [2.05, 4.69) is 31.2 Å². The Morgan fingerprint density at radius 2 is 1.91 bits per heavy atom. The van der Waals surface area contributed by atoms with Gasteiger partial charge in [0.2, 0.25) is 0 Å². The highest BCUT2D eigenvalue weighted by atomic mass is 16.5. The summed E-state index contributed by atoms with van der Waals surface area (Å²) in [7, 11) is 0. The molecule has 1 aromatic rings. The van der Waals surface area contributed by atoms with Gasteiger partial charge in [-0.05, 0) is 49.3 Å². The molecule has 1 saturated heterocycles. The molecule has 3 nitrogen and oxygen atoms in total. The number of nitrogens with one attached hydrogen (secondary N) is 1. The molecule has 2 N–H and O–H groups in total. The van der Waals surface area contributed by atoms with Crippen molar-refractivity contribution in [3.8, 4) is 5.75 Å². The Morgan fingerprint density at radius 3 is 2.57 bits per heavy atom. The molecule has 1 aliphatic heterocycles. The summed E-state index contributed by atoms with van der Waals surface area (Å²) in [6.45, 7) is 5.88. The minimum Gasteiger partial charge on any atom is -0.491 e. The van der Waals surface area contributed by atoms with Crippen molar-refractivity contribution >= 4 is 0 Å². The standard InChI is InChI=1S/C20H29NO2/c1-16-10-12-21(13-11-16)14-19(22)15-23-20-8-6-18(7-9-20)17-4-2-3-5-17/h2,4,6-9,16-17,19,22H,3,5,10-15H2,1H3/p+1/t17-,19+/m0/s1. The SMILES string of the molecule is CC1CC[NH+](C[C@@H](O)COc2ccc([C@H]3C=CCC3)cc2)CC1. The number of piperidine rings is 1. The first-order valence-electron chi connectivity index (χ1n) is 9.12. The van der Waals surface area contributed by atoms with Crippen molar-refractivity contribution in [1.29, 1.82) is 0 Å². The zero-order valence-corrected chi connectivity index (χ0v) is 14.2. The Morgan fingerprint density at radius 1 is 1.17 bits per heavy atom. The molecule has 0 unspecified atom stereocenters. The second-order valence-corrected chi connectivity index (χ2v) is 7.28. The third kappa shape index (κ3) is 4.82. The Hall–Kier alpha value is -1.32. The van der Waals surface area contributed by atoms with Gasteiger partial charge in [0.05, 0.1) is 13.1 Å². The fraction of sp³-hybridized carbons (Fsp3) is 0.600. The molecule has 2 aliphatic rings. The highest BCUT2D eigenvalue weighted by Gasteiger charge is 2.21. The maximum Gasteiger partial charge on any atom is 0.137 e. The number of hydrogen-bond acceptors (Lipinski definition) is 2. The Bertz CT molecular complexity index is 503. The van der Waals surface area contributed by atoms with Crippen molar-refractivity contribution in [1.82, 2.24) is 0 Å². The highest BCUT2D eigenvalue weighted by molar-refractivity contribution is 5.32. The average molecular weight is 316 g/mol. The summed E-state index contributed by atoms with van der Waals surface area (Å²) in [4.78, 5) is 1.52. The molecule has 3 heteroatoms. The largest absolute Gasteiger partial charge is 0.491 e. The molecule has 1 aliphatic carbocycles. The molecule has 0 bridgehead atoms. The van der Waals surface area contributed by atoms with E-state index in [-0.39, 0.29) is 6.10 Å². The van der Waals surface area contributed by atoms with Crippen molar-refractivity contribution in [3.05, 3.63) is 42.0 Å². The van der Waals surface area contributed by atoms with Gasteiger partial charge in [0.1, 0.15) is 25.0 Å². The number of benzene rings is 1. The predicted molar refractivity (Wildman–Crippen MR) is 93.0 cm³/mol. The molecule has 23 heavy (non-hydrogen) atoms. The minimum atomic E-state index is -0.379. The Balaban J connectivity index is 1.41. The number of quaternary nitrogens is 1. The quantitative estimate of drug-likeness (QED) is 0.789. The molecule has 3 rings (SSSR count). The van der Waals surface area contributed by atoms with E-state index < -0.39 is 0 Å². The van der Waals surface area contributed by atoms with Crippen LogP contribution in [0.5, 0.6) is 5.75 Å². The summed E-state index contributed by atoms with van der Waals surface area (Å²) >= 11 is 0. The third-order valence-corrected chi connectivity index (χ3v) is 5.27. The van der Waals surface area contributed by atoms with Crippen LogP contribution in [0.2, 0.25) is 0 Å². The average Bonchev–Trinajstić information content (AvgIpc) is 3.10. The van der Waals surface area contributed by atoms with E-state index in [9.17, 15) is 5.11 Å². The minimum absolute atomic E-state index is 0.379. The van der Waals surface area contributed by atoms with E-state index in [1.807, 2.05) is 12.1 Å². The van der Waals surface area contributed by atoms with Crippen LogP contribution in [-0.2, 0) is 0 Å². The summed E-state index contributed by atoms with van der Waals surface area (Å²) in [5, 5.41) is 10.2. The number of ether oxygens (including phenoxy) is 1. The van der Waals surface area contributed by atoms with Gasteiger partial charge in [-0.3, -0.25) is 0 Å². The van der Waals surface area contributed by atoms with Crippen LogP contribution in [-0.4, -0.2) is 37.5 Å². The lowest BCUT2D eigenvalue weighted by Gasteiger charge is -2.28. The first kappa shape index (κ1) is 16.5. The molecule has 1 heterocycles. The summed E-state index contributed by atoms with van der Waals surface area (Å²) < 4.78 is 5.77. The first-order valence-corrected chi connectivity index (χ1v) is 9.12. The van der Waals surface area contributed by atoms with Gasteiger partial charge in [-0.15, -0.1) is 0 Å². The van der Waals surface area contributed by atoms with Crippen molar-refractivity contribution in [3.63, 3.8) is 0 Å². The van der Waals surface area contributed by atoms with Crippen LogP contribution in [0.4, 0.5) is 0 Å². The smallest absolute Gasteiger partial charge is 0.137 e. The number of aliphatic hydroxyl groups is 1. The molecular formula is C20H30NO2+. The molecule has 1 aromatic carbocycles. The molecule has 0 amide bonds. The molecular weight excluding hydrogens is 286 g/mol. The topological polar surface area (TPSA) is 33.9 Å². The van der Waals surface area contributed by atoms with Crippen molar-refractivity contribution in [2.24, 2.45) is 5.92 Å². The van der Waals surface area contributed by atoms with Crippen LogP contribution in [0, 0.1) is 5.92 Å². The molecule has 2 atom stereocenters. The van der Waals surface area contributed by atoms with E-state index in [4.69, 9.17) is 4.74 Å². The first-order chi connectivity index (χ1) is 11.2. The second kappa shape index (κ2) is 7.98. The summed E-state index contributed by atoms with van der Waals surface area (Å²) in [6, 6.07) is 8.37. The van der Waals surface area contributed by atoms with Gasteiger partial charge in [-0.1, -0.05) is 31.2 Å². The van der Waals surface area contributed by atoms with E-state index in [1.165, 1.54) is 49.2 Å². The molecule has 0 radical (unpaired) electrons. The van der Waals surface area contributed by atoms with Crippen molar-refractivity contribution in [2.75, 3.05) is 26.2 Å². The van der Waals surface area contributed by atoms with Crippen LogP contribution >= 0.6 is 0 Å². The molecule has 0 spiro atoms. The van der Waals surface area contributed by atoms with Gasteiger partial charge in [-0.2, -0.15) is 0 Å². The van der Waals surface area contributed by atoms with Crippen LogP contribution < -0.4 is 9.64 Å². The lowest BCUT2D eigenvalue weighted by molar-refractivity contribution is -0.909. The maximum atomic E-state index is 10.2. The highest BCUT2D eigenvalue weighted by Crippen LogP contribution is 2.29. The van der Waals surface area contributed by atoms with E-state index >= 15 is 0 Å². The lowest BCUT2D eigenvalue weighted by atomic mass is 9.99. The number of rotatable bonds is 6. The molecule has 0 aromatic heterocycles.